The molecule has 3 rings (SSSR count). The van der Waals surface area contributed by atoms with Crippen LogP contribution in [0.2, 0.25) is 0 Å². The predicted octanol–water partition coefficient (Wildman–Crippen LogP) is 0.841. The van der Waals surface area contributed by atoms with E-state index in [0.29, 0.717) is 32.0 Å². The van der Waals surface area contributed by atoms with E-state index in [-0.39, 0.29) is 29.5 Å². The molecule has 1 fully saturated rings. The molecule has 28 heavy (non-hydrogen) atoms. The Kier molecular flexibility index (Phi) is 6.02. The van der Waals surface area contributed by atoms with Crippen LogP contribution in [0, 0.1) is 10.1 Å². The van der Waals surface area contributed by atoms with Gasteiger partial charge in [-0.05, 0) is 24.3 Å². The normalized spacial score (nSPS) is 15.3. The van der Waals surface area contributed by atoms with Crippen molar-refractivity contribution < 1.29 is 22.9 Å². The first-order chi connectivity index (χ1) is 13.4. The number of ether oxygens (including phenoxy) is 1. The van der Waals surface area contributed by atoms with Crippen LogP contribution in [-0.4, -0.2) is 59.6 Å². The number of aromatic nitrogens is 2. The zero-order valence-electron chi connectivity index (χ0n) is 14.9. The molecular formula is C16H19N5O6S. The number of nitrogens with one attached hydrogen (secondary N) is 1. The Bertz CT molecular complexity index is 950. The number of morpholine rings is 1. The summed E-state index contributed by atoms with van der Waals surface area (Å²) in [6.07, 6.45) is 2.43. The molecular weight excluding hydrogens is 390 g/mol. The number of carbonyl (C=O) groups is 1. The molecule has 0 unspecified atom stereocenters. The number of nitro groups is 1. The molecule has 2 heterocycles. The molecule has 1 aromatic heterocycles. The summed E-state index contributed by atoms with van der Waals surface area (Å²) in [4.78, 5) is 22.2. The molecule has 1 aliphatic rings. The minimum atomic E-state index is -3.58. The lowest BCUT2D eigenvalue weighted by atomic mass is 10.3. The smallest absolute Gasteiger partial charge is 0.306 e. The lowest BCUT2D eigenvalue weighted by Crippen LogP contribution is -2.40. The number of aryl methyl sites for hydroxylation is 1. The number of carbonyl (C=O) groups excluding carboxylic acids is 1. The van der Waals surface area contributed by atoms with Gasteiger partial charge in [0.1, 0.15) is 12.4 Å². The highest BCUT2D eigenvalue weighted by molar-refractivity contribution is 7.89. The van der Waals surface area contributed by atoms with Crippen molar-refractivity contribution in [3.8, 4) is 0 Å². The summed E-state index contributed by atoms with van der Waals surface area (Å²) in [5, 5.41) is 17.1. The second-order valence-electron chi connectivity index (χ2n) is 6.06. The number of amides is 1. The highest BCUT2D eigenvalue weighted by Crippen LogP contribution is 2.19. The first-order valence-electron chi connectivity index (χ1n) is 8.51. The molecule has 2 aromatic rings. The maximum atomic E-state index is 12.6. The number of rotatable bonds is 7. The lowest BCUT2D eigenvalue weighted by Gasteiger charge is -2.26. The molecule has 1 aromatic carbocycles. The Morgan fingerprint density at radius 1 is 1.25 bits per heavy atom. The van der Waals surface area contributed by atoms with Gasteiger partial charge < -0.3 is 10.1 Å². The number of benzene rings is 1. The molecule has 1 N–H and O–H groups in total. The third-order valence-corrected chi connectivity index (χ3v) is 6.06. The third-order valence-electron chi connectivity index (χ3n) is 4.14. The van der Waals surface area contributed by atoms with Crippen molar-refractivity contribution in [1.29, 1.82) is 0 Å². The summed E-state index contributed by atoms with van der Waals surface area (Å²) in [5.74, 6) is -0.318. The van der Waals surface area contributed by atoms with Gasteiger partial charge in [-0.3, -0.25) is 19.6 Å². The first-order valence-corrected chi connectivity index (χ1v) is 9.95. The fraction of sp³-hybridized carbons (Fsp3) is 0.375. The summed E-state index contributed by atoms with van der Waals surface area (Å²) in [6.45, 7) is 1.54. The lowest BCUT2D eigenvalue weighted by molar-refractivity contribution is -0.385. The number of hydrogen-bond donors (Lipinski definition) is 1. The number of anilines is 1. The monoisotopic (exact) mass is 409 g/mol. The van der Waals surface area contributed by atoms with Gasteiger partial charge in [0.2, 0.25) is 15.9 Å². The molecule has 1 saturated heterocycles. The minimum absolute atomic E-state index is 0.0622. The van der Waals surface area contributed by atoms with E-state index >= 15 is 0 Å². The van der Waals surface area contributed by atoms with E-state index in [1.165, 1.54) is 39.4 Å². The van der Waals surface area contributed by atoms with E-state index in [9.17, 15) is 23.3 Å². The molecule has 0 bridgehead atoms. The van der Waals surface area contributed by atoms with E-state index in [1.54, 1.807) is 0 Å². The van der Waals surface area contributed by atoms with E-state index in [2.05, 4.69) is 10.4 Å². The van der Waals surface area contributed by atoms with Crippen molar-refractivity contribution in [2.45, 2.75) is 17.9 Å². The molecule has 0 atom stereocenters. The van der Waals surface area contributed by atoms with Crippen molar-refractivity contribution in [2.24, 2.45) is 0 Å². The molecule has 0 spiro atoms. The predicted molar refractivity (Wildman–Crippen MR) is 98.1 cm³/mol. The quantitative estimate of drug-likeness (QED) is 0.528. The Balaban J connectivity index is 1.55. The summed E-state index contributed by atoms with van der Waals surface area (Å²) < 4.78 is 33.0. The Hall–Kier alpha value is -2.83. The SMILES string of the molecule is O=C(CCn1cc([N+](=O)[O-])cn1)Nc1ccc(S(=O)(=O)N2CCOCC2)cc1. The van der Waals surface area contributed by atoms with E-state index in [1.807, 2.05) is 0 Å². The van der Waals surface area contributed by atoms with Gasteiger partial charge >= 0.3 is 5.69 Å². The molecule has 12 heteroatoms. The van der Waals surface area contributed by atoms with Gasteiger partial charge in [0.15, 0.2) is 0 Å². The van der Waals surface area contributed by atoms with Crippen molar-refractivity contribution in [1.82, 2.24) is 14.1 Å². The van der Waals surface area contributed by atoms with Crippen LogP contribution in [-0.2, 0) is 26.1 Å². The van der Waals surface area contributed by atoms with Gasteiger partial charge in [-0.2, -0.15) is 9.40 Å². The molecule has 0 aliphatic carbocycles. The van der Waals surface area contributed by atoms with Crippen LogP contribution in [0.3, 0.4) is 0 Å². The molecule has 0 saturated carbocycles. The molecule has 150 valence electrons. The third kappa shape index (κ3) is 4.71. The summed E-state index contributed by atoms with van der Waals surface area (Å²) >= 11 is 0. The van der Waals surface area contributed by atoms with Gasteiger partial charge in [0, 0.05) is 31.7 Å². The van der Waals surface area contributed by atoms with Crippen LogP contribution < -0.4 is 5.32 Å². The second-order valence-corrected chi connectivity index (χ2v) is 8.00. The summed E-state index contributed by atoms with van der Waals surface area (Å²) in [6, 6.07) is 5.92. The van der Waals surface area contributed by atoms with Crippen LogP contribution in [0.5, 0.6) is 0 Å². The number of hydrogen-bond acceptors (Lipinski definition) is 7. The fourth-order valence-corrected chi connectivity index (χ4v) is 4.06. The number of sulfonamides is 1. The van der Waals surface area contributed by atoms with Crippen LogP contribution >= 0.6 is 0 Å². The maximum absolute atomic E-state index is 12.6. The van der Waals surface area contributed by atoms with E-state index in [0.717, 1.165) is 6.20 Å². The number of nitrogens with zero attached hydrogens (tertiary/aromatic N) is 4. The second kappa shape index (κ2) is 8.46. The van der Waals surface area contributed by atoms with Gasteiger partial charge in [-0.15, -0.1) is 0 Å². The largest absolute Gasteiger partial charge is 0.379 e. The van der Waals surface area contributed by atoms with Crippen molar-refractivity contribution in [3.63, 3.8) is 0 Å². The highest BCUT2D eigenvalue weighted by atomic mass is 32.2. The maximum Gasteiger partial charge on any atom is 0.306 e. The van der Waals surface area contributed by atoms with E-state index in [4.69, 9.17) is 4.74 Å². The molecule has 1 amide bonds. The average Bonchev–Trinajstić information content (AvgIpc) is 3.17. The van der Waals surface area contributed by atoms with Crippen LogP contribution in [0.4, 0.5) is 11.4 Å². The standard InChI is InChI=1S/C16H19N5O6S/c22-16(5-6-19-12-14(11-17-19)21(23)24)18-13-1-3-15(4-2-13)28(25,26)20-7-9-27-10-8-20/h1-4,11-12H,5-10H2,(H,18,22). The van der Waals surface area contributed by atoms with Gasteiger partial charge in [0.25, 0.3) is 0 Å². The van der Waals surface area contributed by atoms with Gasteiger partial charge in [-0.25, -0.2) is 8.42 Å². The zero-order chi connectivity index (χ0) is 20.1. The molecule has 1 aliphatic heterocycles. The Morgan fingerprint density at radius 2 is 1.93 bits per heavy atom. The van der Waals surface area contributed by atoms with Crippen LogP contribution in [0.15, 0.2) is 41.6 Å². The van der Waals surface area contributed by atoms with Crippen LogP contribution in [0.25, 0.3) is 0 Å². The van der Waals surface area contributed by atoms with Crippen LogP contribution in [0.1, 0.15) is 6.42 Å². The first kappa shape index (κ1) is 19.9. The van der Waals surface area contributed by atoms with Crippen molar-refractivity contribution in [3.05, 3.63) is 46.8 Å². The van der Waals surface area contributed by atoms with Crippen molar-refractivity contribution >= 4 is 27.3 Å². The summed E-state index contributed by atoms with van der Waals surface area (Å²) in [5.41, 5.74) is 0.315. The van der Waals surface area contributed by atoms with E-state index < -0.39 is 14.9 Å². The molecule has 0 radical (unpaired) electrons. The highest BCUT2D eigenvalue weighted by Gasteiger charge is 2.26. The summed E-state index contributed by atoms with van der Waals surface area (Å²) in [7, 11) is -3.58. The van der Waals surface area contributed by atoms with Crippen molar-refractivity contribution in [2.75, 3.05) is 31.6 Å². The Morgan fingerprint density at radius 3 is 2.54 bits per heavy atom. The van der Waals surface area contributed by atoms with Gasteiger partial charge in [-0.1, -0.05) is 0 Å². The van der Waals surface area contributed by atoms with Gasteiger partial charge in [0.05, 0.1) is 23.0 Å². The minimum Gasteiger partial charge on any atom is -0.379 e. The average molecular weight is 409 g/mol. The molecule has 11 nitrogen and oxygen atoms in total. The fourth-order valence-electron chi connectivity index (χ4n) is 2.66. The zero-order valence-corrected chi connectivity index (χ0v) is 15.7. The topological polar surface area (TPSA) is 137 Å². The Labute approximate surface area is 161 Å².